The normalized spacial score (nSPS) is 21.2. The van der Waals surface area contributed by atoms with Crippen LogP contribution in [0.2, 0.25) is 0 Å². The minimum absolute atomic E-state index is 0.0186. The van der Waals surface area contributed by atoms with E-state index in [1.165, 1.54) is 9.21 Å². The van der Waals surface area contributed by atoms with E-state index in [0.29, 0.717) is 6.92 Å². The number of carbonyl (C=O) groups excluding carboxylic acids is 1. The van der Waals surface area contributed by atoms with Crippen LogP contribution in [0.4, 0.5) is 18.0 Å². The van der Waals surface area contributed by atoms with Gasteiger partial charge in [-0.15, -0.1) is 0 Å². The zero-order valence-corrected chi connectivity index (χ0v) is 18.3. The molecule has 0 bridgehead atoms. The highest BCUT2D eigenvalue weighted by molar-refractivity contribution is 7.89. The van der Waals surface area contributed by atoms with Crippen LogP contribution in [0.1, 0.15) is 40.2 Å². The van der Waals surface area contributed by atoms with Gasteiger partial charge in [0, 0.05) is 25.7 Å². The summed E-state index contributed by atoms with van der Waals surface area (Å²) in [4.78, 5) is 13.4. The molecule has 0 saturated carbocycles. The van der Waals surface area contributed by atoms with Gasteiger partial charge in [0.05, 0.1) is 4.90 Å². The Balaban J connectivity index is 2.18. The fourth-order valence-electron chi connectivity index (χ4n) is 3.04. The predicted octanol–water partition coefficient (Wildman–Crippen LogP) is 3.09. The number of aliphatic hydroxyl groups is 1. The third kappa shape index (κ3) is 5.06. The third-order valence-corrected chi connectivity index (χ3v) is 6.82. The standard InChI is InChI=1S/C19H27F3N2O5S/c1-13-12-23(16(25)29-17(2,3)4)10-11-24(13)30(27,28)15-8-6-14(7-9-15)18(5,26)19(20,21)22/h6-9,13,26H,10-12H2,1-5H3/t13-,18?/m1/s1. The molecule has 2 rings (SSSR count). The summed E-state index contributed by atoms with van der Waals surface area (Å²) in [5.41, 5.74) is -4.23. The molecule has 1 aromatic carbocycles. The molecular weight excluding hydrogens is 425 g/mol. The zero-order valence-electron chi connectivity index (χ0n) is 17.5. The molecule has 0 spiro atoms. The lowest BCUT2D eigenvalue weighted by Crippen LogP contribution is -2.56. The summed E-state index contributed by atoms with van der Waals surface area (Å²) in [7, 11) is -4.00. The van der Waals surface area contributed by atoms with Crippen molar-refractivity contribution in [1.29, 1.82) is 0 Å². The molecule has 0 aromatic heterocycles. The van der Waals surface area contributed by atoms with Crippen LogP contribution in [0, 0.1) is 0 Å². The van der Waals surface area contributed by atoms with Crippen LogP contribution < -0.4 is 0 Å². The van der Waals surface area contributed by atoms with Crippen molar-refractivity contribution >= 4 is 16.1 Å². The largest absolute Gasteiger partial charge is 0.444 e. The SMILES string of the molecule is C[C@@H]1CN(C(=O)OC(C)(C)C)CCN1S(=O)(=O)c1ccc(C(C)(O)C(F)(F)F)cc1. The summed E-state index contributed by atoms with van der Waals surface area (Å²) in [5.74, 6) is 0. The molecule has 1 heterocycles. The summed E-state index contributed by atoms with van der Waals surface area (Å²) < 4.78 is 71.4. The van der Waals surface area contributed by atoms with E-state index in [2.05, 4.69) is 0 Å². The van der Waals surface area contributed by atoms with E-state index in [-0.39, 0.29) is 24.5 Å². The van der Waals surface area contributed by atoms with Gasteiger partial charge in [0.25, 0.3) is 0 Å². The molecule has 1 saturated heterocycles. The summed E-state index contributed by atoms with van der Waals surface area (Å²) in [6, 6.07) is 3.41. The molecule has 0 aliphatic carbocycles. The number of rotatable bonds is 3. The lowest BCUT2D eigenvalue weighted by molar-refractivity contribution is -0.258. The Hall–Kier alpha value is -1.85. The molecule has 1 aliphatic rings. The highest BCUT2D eigenvalue weighted by Gasteiger charge is 2.51. The van der Waals surface area contributed by atoms with E-state index in [4.69, 9.17) is 4.74 Å². The number of hydrogen-bond acceptors (Lipinski definition) is 5. The number of ether oxygens (including phenoxy) is 1. The quantitative estimate of drug-likeness (QED) is 0.762. The number of hydrogen-bond donors (Lipinski definition) is 1. The monoisotopic (exact) mass is 452 g/mol. The lowest BCUT2D eigenvalue weighted by atomic mass is 9.96. The highest BCUT2D eigenvalue weighted by Crippen LogP contribution is 2.38. The number of amides is 1. The van der Waals surface area contributed by atoms with Gasteiger partial charge in [-0.25, -0.2) is 13.2 Å². The topological polar surface area (TPSA) is 87.2 Å². The molecule has 1 aromatic rings. The molecule has 1 fully saturated rings. The lowest BCUT2D eigenvalue weighted by Gasteiger charge is -2.39. The van der Waals surface area contributed by atoms with Crippen molar-refractivity contribution < 1.29 is 36.2 Å². The van der Waals surface area contributed by atoms with Gasteiger partial charge >= 0.3 is 12.3 Å². The van der Waals surface area contributed by atoms with E-state index in [1.807, 2.05) is 0 Å². The van der Waals surface area contributed by atoms with Crippen LogP contribution in [0.3, 0.4) is 0 Å². The molecular formula is C19H27F3N2O5S. The van der Waals surface area contributed by atoms with E-state index in [1.54, 1.807) is 27.7 Å². The van der Waals surface area contributed by atoms with Gasteiger partial charge in [0.2, 0.25) is 10.0 Å². The smallest absolute Gasteiger partial charge is 0.421 e. The van der Waals surface area contributed by atoms with Crippen LogP contribution in [0.5, 0.6) is 0 Å². The molecule has 7 nitrogen and oxygen atoms in total. The summed E-state index contributed by atoms with van der Waals surface area (Å²) in [5, 5.41) is 9.73. The van der Waals surface area contributed by atoms with Gasteiger partial charge in [-0.1, -0.05) is 12.1 Å². The van der Waals surface area contributed by atoms with Crippen molar-refractivity contribution in [2.45, 2.75) is 62.9 Å². The number of halogens is 3. The second-order valence-electron chi connectivity index (χ2n) is 8.49. The first kappa shape index (κ1) is 24.4. The van der Waals surface area contributed by atoms with Crippen molar-refractivity contribution in [3.05, 3.63) is 29.8 Å². The number of benzene rings is 1. The Kier molecular flexibility index (Phi) is 6.52. The van der Waals surface area contributed by atoms with Crippen LogP contribution in [-0.4, -0.2) is 66.3 Å². The Morgan fingerprint density at radius 1 is 1.10 bits per heavy atom. The second kappa shape index (κ2) is 8.01. The molecule has 1 unspecified atom stereocenters. The summed E-state index contributed by atoms with van der Waals surface area (Å²) in [6.45, 7) is 7.70. The van der Waals surface area contributed by atoms with Gasteiger partial charge in [-0.05, 0) is 52.3 Å². The number of carbonyl (C=O) groups is 1. The van der Waals surface area contributed by atoms with E-state index >= 15 is 0 Å². The fraction of sp³-hybridized carbons (Fsp3) is 0.632. The first-order chi connectivity index (χ1) is 13.5. The van der Waals surface area contributed by atoms with E-state index in [0.717, 1.165) is 24.3 Å². The van der Waals surface area contributed by atoms with E-state index in [9.17, 15) is 31.5 Å². The number of alkyl halides is 3. The van der Waals surface area contributed by atoms with Crippen LogP contribution in [0.25, 0.3) is 0 Å². The Morgan fingerprint density at radius 2 is 1.63 bits per heavy atom. The molecule has 30 heavy (non-hydrogen) atoms. The maximum absolute atomic E-state index is 13.0. The second-order valence-corrected chi connectivity index (χ2v) is 10.4. The van der Waals surface area contributed by atoms with Gasteiger partial charge < -0.3 is 14.7 Å². The van der Waals surface area contributed by atoms with Crippen molar-refractivity contribution in [2.75, 3.05) is 19.6 Å². The van der Waals surface area contributed by atoms with Crippen LogP contribution in [0.15, 0.2) is 29.2 Å². The molecule has 1 N–H and O–H groups in total. The molecule has 0 radical (unpaired) electrons. The molecule has 1 amide bonds. The third-order valence-electron chi connectivity index (χ3n) is 4.79. The Bertz CT molecular complexity index is 877. The van der Waals surface area contributed by atoms with Gasteiger partial charge in [-0.2, -0.15) is 17.5 Å². The Morgan fingerprint density at radius 3 is 2.07 bits per heavy atom. The van der Waals surface area contributed by atoms with Crippen molar-refractivity contribution in [1.82, 2.24) is 9.21 Å². The minimum atomic E-state index is -4.90. The predicted molar refractivity (Wildman–Crippen MR) is 103 cm³/mol. The average Bonchev–Trinajstić information content (AvgIpc) is 2.59. The summed E-state index contributed by atoms with van der Waals surface area (Å²) >= 11 is 0. The summed E-state index contributed by atoms with van der Waals surface area (Å²) in [6.07, 6.45) is -5.44. The van der Waals surface area contributed by atoms with Gasteiger partial charge in [0.15, 0.2) is 5.60 Å². The number of nitrogens with zero attached hydrogens (tertiary/aromatic N) is 2. The molecule has 11 heteroatoms. The maximum Gasteiger partial charge on any atom is 0.421 e. The zero-order chi connectivity index (χ0) is 23.1. The van der Waals surface area contributed by atoms with Crippen molar-refractivity contribution in [3.63, 3.8) is 0 Å². The molecule has 170 valence electrons. The van der Waals surface area contributed by atoms with Crippen LogP contribution >= 0.6 is 0 Å². The molecule has 2 atom stereocenters. The molecule has 1 aliphatic heterocycles. The minimum Gasteiger partial charge on any atom is -0.444 e. The van der Waals surface area contributed by atoms with Crippen molar-refractivity contribution in [2.24, 2.45) is 0 Å². The van der Waals surface area contributed by atoms with E-state index < -0.39 is 45.1 Å². The van der Waals surface area contributed by atoms with Crippen LogP contribution in [-0.2, 0) is 20.4 Å². The maximum atomic E-state index is 13.0. The van der Waals surface area contributed by atoms with Crippen molar-refractivity contribution in [3.8, 4) is 0 Å². The Labute approximate surface area is 174 Å². The number of sulfonamides is 1. The highest BCUT2D eigenvalue weighted by atomic mass is 32.2. The first-order valence-electron chi connectivity index (χ1n) is 9.36. The average molecular weight is 452 g/mol. The first-order valence-corrected chi connectivity index (χ1v) is 10.8. The number of piperazine rings is 1. The van der Waals surface area contributed by atoms with Gasteiger partial charge in [0.1, 0.15) is 5.60 Å². The van der Waals surface area contributed by atoms with Gasteiger partial charge in [-0.3, -0.25) is 0 Å². The fourth-order valence-corrected chi connectivity index (χ4v) is 4.65.